The third kappa shape index (κ3) is 2.12. The van der Waals surface area contributed by atoms with Crippen molar-refractivity contribution in [2.75, 3.05) is 13.7 Å². The van der Waals surface area contributed by atoms with Crippen molar-refractivity contribution in [1.29, 1.82) is 0 Å². The van der Waals surface area contributed by atoms with E-state index in [1.807, 2.05) is 0 Å². The number of hydrogen-bond acceptors (Lipinski definition) is 4. The first-order valence-electron chi connectivity index (χ1n) is 5.23. The summed E-state index contributed by atoms with van der Waals surface area (Å²) < 4.78 is 6.68. The molecule has 0 atom stereocenters. The number of nitrogens with zero attached hydrogens (tertiary/aromatic N) is 3. The fourth-order valence-corrected chi connectivity index (χ4v) is 1.78. The van der Waals surface area contributed by atoms with Crippen LogP contribution < -0.4 is 0 Å². The van der Waals surface area contributed by atoms with E-state index in [4.69, 9.17) is 4.74 Å². The zero-order chi connectivity index (χ0) is 12.4. The molecule has 90 valence electrons. The van der Waals surface area contributed by atoms with Crippen molar-refractivity contribution in [2.24, 2.45) is 0 Å². The Hall–Kier alpha value is -1.95. The number of ether oxygens (including phenoxy) is 1. The fraction of sp³-hybridized carbons (Fsp3) is 0.364. The molecular formula is C11H13N3O3. The lowest BCUT2D eigenvalue weighted by molar-refractivity contribution is -0.385. The molecule has 0 amide bonds. The second-order valence-corrected chi connectivity index (χ2v) is 3.82. The Bertz CT molecular complexity index is 562. The van der Waals surface area contributed by atoms with Crippen molar-refractivity contribution in [1.82, 2.24) is 9.78 Å². The predicted octanol–water partition coefficient (Wildman–Crippen LogP) is 1.90. The smallest absolute Gasteiger partial charge is 0.274 e. The first kappa shape index (κ1) is 11.5. The van der Waals surface area contributed by atoms with E-state index in [1.54, 1.807) is 37.0 Å². The molecular weight excluding hydrogens is 222 g/mol. The summed E-state index contributed by atoms with van der Waals surface area (Å²) in [5.41, 5.74) is 1.53. The second kappa shape index (κ2) is 4.50. The molecule has 17 heavy (non-hydrogen) atoms. The number of nitro groups is 1. The first-order valence-corrected chi connectivity index (χ1v) is 5.23. The van der Waals surface area contributed by atoms with E-state index in [1.165, 1.54) is 0 Å². The van der Waals surface area contributed by atoms with Gasteiger partial charge < -0.3 is 4.74 Å². The molecule has 0 unspecified atom stereocenters. The lowest BCUT2D eigenvalue weighted by Crippen LogP contribution is -2.05. The highest BCUT2D eigenvalue weighted by Gasteiger charge is 2.14. The van der Waals surface area contributed by atoms with Gasteiger partial charge in [0.25, 0.3) is 5.69 Å². The summed E-state index contributed by atoms with van der Waals surface area (Å²) in [7, 11) is 1.61. The minimum Gasteiger partial charge on any atom is -0.383 e. The monoisotopic (exact) mass is 235 g/mol. The second-order valence-electron chi connectivity index (χ2n) is 3.82. The van der Waals surface area contributed by atoms with E-state index in [9.17, 15) is 10.1 Å². The molecule has 1 aromatic heterocycles. The van der Waals surface area contributed by atoms with Crippen LogP contribution in [0.15, 0.2) is 18.3 Å². The lowest BCUT2D eigenvalue weighted by atomic mass is 10.1. The Morgan fingerprint density at radius 1 is 1.53 bits per heavy atom. The van der Waals surface area contributed by atoms with Crippen LogP contribution in [-0.2, 0) is 11.3 Å². The molecule has 0 radical (unpaired) electrons. The summed E-state index contributed by atoms with van der Waals surface area (Å²) in [5, 5.41) is 16.0. The molecule has 0 N–H and O–H groups in total. The van der Waals surface area contributed by atoms with Gasteiger partial charge in [-0.1, -0.05) is 0 Å². The van der Waals surface area contributed by atoms with Crippen LogP contribution in [0.2, 0.25) is 0 Å². The van der Waals surface area contributed by atoms with Gasteiger partial charge in [0.1, 0.15) is 0 Å². The summed E-state index contributed by atoms with van der Waals surface area (Å²) in [4.78, 5) is 10.5. The zero-order valence-corrected chi connectivity index (χ0v) is 9.71. The molecule has 0 aliphatic heterocycles. The van der Waals surface area contributed by atoms with Gasteiger partial charge in [-0.3, -0.25) is 14.8 Å². The third-order valence-electron chi connectivity index (χ3n) is 2.66. The van der Waals surface area contributed by atoms with E-state index in [-0.39, 0.29) is 10.6 Å². The van der Waals surface area contributed by atoms with Crippen molar-refractivity contribution in [3.63, 3.8) is 0 Å². The van der Waals surface area contributed by atoms with Gasteiger partial charge in [0.05, 0.1) is 29.8 Å². The number of rotatable bonds is 4. The molecule has 0 fully saturated rings. The standard InChI is InChI=1S/C11H13N3O3/c1-8-5-9-7-12-13(3-4-17-2)11(9)6-10(8)14(15)16/h5-7H,3-4H2,1-2H3. The van der Waals surface area contributed by atoms with Crippen LogP contribution in [0.4, 0.5) is 5.69 Å². The Morgan fingerprint density at radius 2 is 2.29 bits per heavy atom. The molecule has 0 aliphatic rings. The number of aryl methyl sites for hydroxylation is 1. The SMILES string of the molecule is COCCn1ncc2cc(C)c([N+](=O)[O-])cc21. The van der Waals surface area contributed by atoms with E-state index < -0.39 is 0 Å². The normalized spacial score (nSPS) is 10.9. The van der Waals surface area contributed by atoms with Crippen molar-refractivity contribution in [3.8, 4) is 0 Å². The van der Waals surface area contributed by atoms with Gasteiger partial charge in [-0.05, 0) is 13.0 Å². The largest absolute Gasteiger partial charge is 0.383 e. The van der Waals surface area contributed by atoms with Gasteiger partial charge in [0, 0.05) is 24.1 Å². The van der Waals surface area contributed by atoms with E-state index in [0.29, 0.717) is 18.7 Å². The van der Waals surface area contributed by atoms with Crippen LogP contribution in [0, 0.1) is 17.0 Å². The van der Waals surface area contributed by atoms with Crippen LogP contribution in [0.3, 0.4) is 0 Å². The van der Waals surface area contributed by atoms with Crippen molar-refractivity contribution < 1.29 is 9.66 Å². The molecule has 2 aromatic rings. The number of aromatic nitrogens is 2. The van der Waals surface area contributed by atoms with Crippen LogP contribution >= 0.6 is 0 Å². The summed E-state index contributed by atoms with van der Waals surface area (Å²) >= 11 is 0. The summed E-state index contributed by atoms with van der Waals surface area (Å²) in [6.07, 6.45) is 1.71. The molecule has 1 aromatic carbocycles. The molecule has 6 nitrogen and oxygen atoms in total. The van der Waals surface area contributed by atoms with Crippen LogP contribution in [0.5, 0.6) is 0 Å². The van der Waals surface area contributed by atoms with E-state index >= 15 is 0 Å². The highest BCUT2D eigenvalue weighted by atomic mass is 16.6. The maximum absolute atomic E-state index is 10.9. The first-order chi connectivity index (χ1) is 8.13. The summed E-state index contributed by atoms with van der Waals surface area (Å²) in [6, 6.07) is 3.34. The number of fused-ring (bicyclic) bond motifs is 1. The van der Waals surface area contributed by atoms with E-state index in [0.717, 1.165) is 10.9 Å². The lowest BCUT2D eigenvalue weighted by Gasteiger charge is -2.03. The van der Waals surface area contributed by atoms with Crippen LogP contribution in [0.1, 0.15) is 5.56 Å². The maximum Gasteiger partial charge on any atom is 0.274 e. The summed E-state index contributed by atoms with van der Waals surface area (Å²) in [5.74, 6) is 0. The van der Waals surface area contributed by atoms with Crippen molar-refractivity contribution in [3.05, 3.63) is 34.0 Å². The van der Waals surface area contributed by atoms with Crippen LogP contribution in [0.25, 0.3) is 10.9 Å². The average Bonchev–Trinajstić information content (AvgIpc) is 2.67. The molecule has 0 saturated carbocycles. The van der Waals surface area contributed by atoms with Crippen molar-refractivity contribution >= 4 is 16.6 Å². The number of hydrogen-bond donors (Lipinski definition) is 0. The Morgan fingerprint density at radius 3 is 2.94 bits per heavy atom. The van der Waals surface area contributed by atoms with Crippen molar-refractivity contribution in [2.45, 2.75) is 13.5 Å². The highest BCUT2D eigenvalue weighted by molar-refractivity contribution is 5.82. The van der Waals surface area contributed by atoms with Gasteiger partial charge in [0.2, 0.25) is 0 Å². The van der Waals surface area contributed by atoms with Gasteiger partial charge in [0.15, 0.2) is 0 Å². The van der Waals surface area contributed by atoms with E-state index in [2.05, 4.69) is 5.10 Å². The molecule has 0 saturated heterocycles. The van der Waals surface area contributed by atoms with Gasteiger partial charge >= 0.3 is 0 Å². The molecule has 2 rings (SSSR count). The molecule has 0 aliphatic carbocycles. The molecule has 6 heteroatoms. The predicted molar refractivity (Wildman–Crippen MR) is 63.0 cm³/mol. The Kier molecular flexibility index (Phi) is 3.06. The topological polar surface area (TPSA) is 70.2 Å². The number of methoxy groups -OCH3 is 1. The minimum absolute atomic E-state index is 0.122. The zero-order valence-electron chi connectivity index (χ0n) is 9.71. The molecule has 1 heterocycles. The highest BCUT2D eigenvalue weighted by Crippen LogP contribution is 2.24. The van der Waals surface area contributed by atoms with Gasteiger partial charge in [-0.15, -0.1) is 0 Å². The average molecular weight is 235 g/mol. The fourth-order valence-electron chi connectivity index (χ4n) is 1.78. The van der Waals surface area contributed by atoms with Gasteiger partial charge in [-0.2, -0.15) is 5.10 Å². The quantitative estimate of drug-likeness (QED) is 0.599. The van der Waals surface area contributed by atoms with Crippen LogP contribution in [-0.4, -0.2) is 28.4 Å². The molecule has 0 spiro atoms. The molecule has 0 bridgehead atoms. The number of benzene rings is 1. The minimum atomic E-state index is -0.373. The summed E-state index contributed by atoms with van der Waals surface area (Å²) in [6.45, 7) is 2.84. The number of nitro benzene ring substituents is 1. The third-order valence-corrected chi connectivity index (χ3v) is 2.66. The Balaban J connectivity index is 2.51. The van der Waals surface area contributed by atoms with Gasteiger partial charge in [-0.25, -0.2) is 0 Å². The Labute approximate surface area is 97.9 Å². The maximum atomic E-state index is 10.9.